The molecule has 1 rings (SSSR count). The predicted octanol–water partition coefficient (Wildman–Crippen LogP) is -1.93. The first-order valence-corrected chi connectivity index (χ1v) is 3.35. The third-order valence-corrected chi connectivity index (χ3v) is 1.69. The number of hydrogen-bond donors (Lipinski definition) is 3. The first-order chi connectivity index (χ1) is 5.16. The van der Waals surface area contributed by atoms with E-state index in [1.54, 1.807) is 0 Å². The molecule has 0 spiro atoms. The van der Waals surface area contributed by atoms with E-state index in [-0.39, 0.29) is 6.61 Å². The van der Waals surface area contributed by atoms with Crippen molar-refractivity contribution >= 4 is 0 Å². The van der Waals surface area contributed by atoms with Crippen LogP contribution < -0.4 is 0 Å². The van der Waals surface area contributed by atoms with Crippen LogP contribution in [0.2, 0.25) is 0 Å². The van der Waals surface area contributed by atoms with Crippen molar-refractivity contribution in [3.63, 3.8) is 0 Å². The minimum absolute atomic E-state index is 0.0171. The van der Waals surface area contributed by atoms with E-state index >= 15 is 0 Å². The number of methoxy groups -OCH3 is 1. The van der Waals surface area contributed by atoms with Crippen LogP contribution in [0.4, 0.5) is 0 Å². The van der Waals surface area contributed by atoms with Crippen molar-refractivity contribution in [2.45, 2.75) is 24.6 Å². The standard InChI is InChI=1S/C6H12O5/c1-10-6-5(9)4(8)3(7)2-11-6/h3-9H,2H2,1H3/t3-,4?,5?,6-/m1/s1. The lowest BCUT2D eigenvalue weighted by Crippen LogP contribution is -2.53. The number of aliphatic hydroxyl groups is 3. The van der Waals surface area contributed by atoms with Crippen LogP contribution in [0.1, 0.15) is 0 Å². The van der Waals surface area contributed by atoms with Crippen molar-refractivity contribution in [2.75, 3.05) is 13.7 Å². The van der Waals surface area contributed by atoms with Gasteiger partial charge in [-0.05, 0) is 0 Å². The summed E-state index contributed by atoms with van der Waals surface area (Å²) in [5, 5.41) is 27.2. The largest absolute Gasteiger partial charge is 0.388 e. The van der Waals surface area contributed by atoms with Gasteiger partial charge in [-0.15, -0.1) is 0 Å². The van der Waals surface area contributed by atoms with Gasteiger partial charge in [0.1, 0.15) is 18.3 Å². The van der Waals surface area contributed by atoms with Crippen LogP contribution in [0, 0.1) is 0 Å². The second kappa shape index (κ2) is 3.46. The second-order valence-electron chi connectivity index (χ2n) is 2.49. The third-order valence-electron chi connectivity index (χ3n) is 1.69. The molecule has 3 N–H and O–H groups in total. The van der Waals surface area contributed by atoms with E-state index in [9.17, 15) is 0 Å². The fraction of sp³-hybridized carbons (Fsp3) is 1.00. The molecular weight excluding hydrogens is 152 g/mol. The van der Waals surface area contributed by atoms with Gasteiger partial charge in [0.15, 0.2) is 6.29 Å². The minimum atomic E-state index is -1.19. The van der Waals surface area contributed by atoms with E-state index in [2.05, 4.69) is 4.74 Å². The Morgan fingerprint density at radius 3 is 2.45 bits per heavy atom. The summed E-state index contributed by atoms with van der Waals surface area (Å²) in [6, 6.07) is 0. The molecule has 1 heterocycles. The summed E-state index contributed by atoms with van der Waals surface area (Å²) >= 11 is 0. The molecule has 2 unspecified atom stereocenters. The van der Waals surface area contributed by atoms with Crippen LogP contribution in [0.5, 0.6) is 0 Å². The molecule has 0 aromatic carbocycles. The van der Waals surface area contributed by atoms with Crippen LogP contribution in [0.15, 0.2) is 0 Å². The highest BCUT2D eigenvalue weighted by molar-refractivity contribution is 4.81. The van der Waals surface area contributed by atoms with E-state index in [1.165, 1.54) is 7.11 Å². The summed E-state index contributed by atoms with van der Waals surface area (Å²) < 4.78 is 9.52. The second-order valence-corrected chi connectivity index (χ2v) is 2.49. The Balaban J connectivity index is 2.52. The van der Waals surface area contributed by atoms with Gasteiger partial charge in [-0.25, -0.2) is 0 Å². The topological polar surface area (TPSA) is 79.2 Å². The molecule has 66 valence electrons. The summed E-state index contributed by atoms with van der Waals surface area (Å²) in [5.74, 6) is 0. The molecule has 5 nitrogen and oxygen atoms in total. The van der Waals surface area contributed by atoms with Gasteiger partial charge in [-0.1, -0.05) is 0 Å². The Morgan fingerprint density at radius 1 is 1.27 bits per heavy atom. The fourth-order valence-electron chi connectivity index (χ4n) is 0.987. The van der Waals surface area contributed by atoms with E-state index in [0.29, 0.717) is 0 Å². The van der Waals surface area contributed by atoms with Gasteiger partial charge < -0.3 is 24.8 Å². The van der Waals surface area contributed by atoms with Crippen molar-refractivity contribution in [2.24, 2.45) is 0 Å². The lowest BCUT2D eigenvalue weighted by Gasteiger charge is -2.33. The van der Waals surface area contributed by atoms with Gasteiger partial charge in [0, 0.05) is 7.11 Å². The van der Waals surface area contributed by atoms with E-state index in [0.717, 1.165) is 0 Å². The average Bonchev–Trinajstić information content (AvgIpc) is 2.01. The van der Waals surface area contributed by atoms with Crippen molar-refractivity contribution in [1.82, 2.24) is 0 Å². The number of hydrogen-bond acceptors (Lipinski definition) is 5. The van der Waals surface area contributed by atoms with Gasteiger partial charge in [0.2, 0.25) is 0 Å². The maximum Gasteiger partial charge on any atom is 0.185 e. The van der Waals surface area contributed by atoms with Crippen LogP contribution in [0.25, 0.3) is 0 Å². The summed E-state index contributed by atoms with van der Waals surface area (Å²) in [6.45, 7) is -0.0171. The maximum absolute atomic E-state index is 9.15. The van der Waals surface area contributed by atoms with Crippen molar-refractivity contribution in [3.05, 3.63) is 0 Å². The molecule has 0 aromatic heterocycles. The summed E-state index contributed by atoms with van der Waals surface area (Å²) in [6.07, 6.45) is -4.23. The maximum atomic E-state index is 9.15. The molecule has 1 aliphatic rings. The van der Waals surface area contributed by atoms with Gasteiger partial charge >= 0.3 is 0 Å². The molecular formula is C6H12O5. The van der Waals surface area contributed by atoms with Crippen LogP contribution in [-0.2, 0) is 9.47 Å². The van der Waals surface area contributed by atoms with Crippen molar-refractivity contribution < 1.29 is 24.8 Å². The molecule has 4 atom stereocenters. The Morgan fingerprint density at radius 2 is 1.91 bits per heavy atom. The minimum Gasteiger partial charge on any atom is -0.388 e. The SMILES string of the molecule is CO[C@@H]1OC[C@@H](O)C(O)C1O. The molecule has 0 saturated carbocycles. The fourth-order valence-corrected chi connectivity index (χ4v) is 0.987. The zero-order valence-corrected chi connectivity index (χ0v) is 6.17. The molecule has 11 heavy (non-hydrogen) atoms. The molecule has 1 fully saturated rings. The molecule has 0 radical (unpaired) electrons. The Labute approximate surface area is 64.2 Å². The van der Waals surface area contributed by atoms with Crippen LogP contribution >= 0.6 is 0 Å². The Hall–Kier alpha value is -0.200. The van der Waals surface area contributed by atoms with Crippen LogP contribution in [-0.4, -0.2) is 53.6 Å². The average molecular weight is 164 g/mol. The quantitative estimate of drug-likeness (QED) is 0.420. The monoisotopic (exact) mass is 164 g/mol. The first kappa shape index (κ1) is 8.89. The van der Waals surface area contributed by atoms with Crippen molar-refractivity contribution in [1.29, 1.82) is 0 Å². The number of ether oxygens (including phenoxy) is 2. The van der Waals surface area contributed by atoms with E-state index in [1.807, 2.05) is 0 Å². The smallest absolute Gasteiger partial charge is 0.185 e. The molecule has 0 bridgehead atoms. The zero-order chi connectivity index (χ0) is 8.43. The molecule has 1 aliphatic heterocycles. The zero-order valence-electron chi connectivity index (χ0n) is 6.17. The number of rotatable bonds is 1. The summed E-state index contributed by atoms with van der Waals surface area (Å²) in [5.41, 5.74) is 0. The third kappa shape index (κ3) is 1.69. The summed E-state index contributed by atoms with van der Waals surface area (Å²) in [4.78, 5) is 0. The molecule has 0 aromatic rings. The highest BCUT2D eigenvalue weighted by Crippen LogP contribution is 2.15. The first-order valence-electron chi connectivity index (χ1n) is 3.35. The van der Waals surface area contributed by atoms with E-state index < -0.39 is 24.6 Å². The molecule has 0 aliphatic carbocycles. The molecule has 1 saturated heterocycles. The highest BCUT2D eigenvalue weighted by Gasteiger charge is 2.37. The van der Waals surface area contributed by atoms with Gasteiger partial charge in [-0.3, -0.25) is 0 Å². The Bertz CT molecular complexity index is 126. The van der Waals surface area contributed by atoms with Crippen molar-refractivity contribution in [3.8, 4) is 0 Å². The van der Waals surface area contributed by atoms with Gasteiger partial charge in [-0.2, -0.15) is 0 Å². The van der Waals surface area contributed by atoms with E-state index in [4.69, 9.17) is 20.1 Å². The van der Waals surface area contributed by atoms with Gasteiger partial charge in [0.05, 0.1) is 6.61 Å². The van der Waals surface area contributed by atoms with Gasteiger partial charge in [0.25, 0.3) is 0 Å². The molecule has 5 heteroatoms. The number of aliphatic hydroxyl groups excluding tert-OH is 3. The van der Waals surface area contributed by atoms with Crippen LogP contribution in [0.3, 0.4) is 0 Å². The lowest BCUT2D eigenvalue weighted by molar-refractivity contribution is -0.261. The highest BCUT2D eigenvalue weighted by atomic mass is 16.7. The summed E-state index contributed by atoms with van der Waals surface area (Å²) in [7, 11) is 1.36. The lowest BCUT2D eigenvalue weighted by atomic mass is 10.1. The normalized spacial score (nSPS) is 45.8. The predicted molar refractivity (Wildman–Crippen MR) is 34.8 cm³/mol. The molecule has 0 amide bonds. The Kier molecular flexibility index (Phi) is 2.80.